The number of unbranched alkanes of at least 4 members (excludes halogenated alkanes) is 26. The Kier molecular flexibility index (Phi) is 36.0. The minimum atomic E-state index is -0.755. The van der Waals surface area contributed by atoms with E-state index in [1.54, 1.807) is 0 Å². The van der Waals surface area contributed by atoms with Gasteiger partial charge < -0.3 is 14.2 Å². The lowest BCUT2D eigenvalue weighted by Crippen LogP contribution is -2.30. The van der Waals surface area contributed by atoms with Crippen LogP contribution in [0, 0.1) is 0 Å². The molecule has 6 nitrogen and oxygen atoms in total. The maximum Gasteiger partial charge on any atom is 0.306 e. The van der Waals surface area contributed by atoms with Crippen molar-refractivity contribution in [2.24, 2.45) is 0 Å². The maximum atomic E-state index is 12.6. The van der Waals surface area contributed by atoms with Crippen LogP contribution in [-0.2, 0) is 28.6 Å². The second-order valence-electron chi connectivity index (χ2n) is 13.9. The van der Waals surface area contributed by atoms with E-state index < -0.39 is 6.10 Å². The molecule has 0 N–H and O–H groups in total. The van der Waals surface area contributed by atoms with Gasteiger partial charge in [0, 0.05) is 19.3 Å². The van der Waals surface area contributed by atoms with E-state index >= 15 is 0 Å². The van der Waals surface area contributed by atoms with Gasteiger partial charge in [-0.3, -0.25) is 14.4 Å². The topological polar surface area (TPSA) is 78.9 Å². The summed E-state index contributed by atoms with van der Waals surface area (Å²) in [5.41, 5.74) is 0. The largest absolute Gasteiger partial charge is 0.462 e. The smallest absolute Gasteiger partial charge is 0.306 e. The average Bonchev–Trinajstić information content (AvgIpc) is 3.06. The molecule has 6 heteroatoms. The number of hydrogen-bond donors (Lipinski definition) is 0. The normalized spacial score (nSPS) is 11.8. The lowest BCUT2D eigenvalue weighted by molar-refractivity contribution is -0.167. The zero-order chi connectivity index (χ0) is 34.5. The Bertz CT molecular complexity index is 693. The van der Waals surface area contributed by atoms with Crippen LogP contribution >= 0.6 is 0 Å². The molecule has 0 aliphatic rings. The van der Waals surface area contributed by atoms with Crippen molar-refractivity contribution in [2.75, 3.05) is 13.2 Å². The fourth-order valence-corrected chi connectivity index (χ4v) is 5.97. The molecule has 0 aliphatic carbocycles. The molecular formula is C41H78O6. The number of rotatable bonds is 37. The molecule has 0 radical (unpaired) electrons. The third-order valence-electron chi connectivity index (χ3n) is 9.11. The van der Waals surface area contributed by atoms with Crippen LogP contribution in [0.1, 0.15) is 226 Å². The molecule has 47 heavy (non-hydrogen) atoms. The molecule has 0 aromatic rings. The van der Waals surface area contributed by atoms with Gasteiger partial charge in [0.15, 0.2) is 6.10 Å². The van der Waals surface area contributed by atoms with Crippen LogP contribution in [0.3, 0.4) is 0 Å². The Balaban J connectivity index is 4.32. The first-order valence-electron chi connectivity index (χ1n) is 20.5. The first kappa shape index (κ1) is 45.4. The van der Waals surface area contributed by atoms with Crippen molar-refractivity contribution >= 4 is 17.9 Å². The molecule has 1 atom stereocenters. The van der Waals surface area contributed by atoms with Gasteiger partial charge in [-0.1, -0.05) is 188 Å². The van der Waals surface area contributed by atoms with E-state index in [2.05, 4.69) is 20.8 Å². The van der Waals surface area contributed by atoms with E-state index in [0.717, 1.165) is 57.8 Å². The number of hydrogen-bond acceptors (Lipinski definition) is 6. The van der Waals surface area contributed by atoms with E-state index in [1.807, 2.05) is 0 Å². The standard InChI is InChI=1S/C41H78O6/c1-4-7-10-13-16-19-20-23-25-28-31-34-40(43)46-37-38(47-41(44)35-32-29-26-22-18-15-12-9-6-3)36-45-39(42)33-30-27-24-21-17-14-11-8-5-2/h38H,4-37H2,1-3H3/t38-/m1/s1. The first-order valence-corrected chi connectivity index (χ1v) is 20.5. The molecule has 0 saturated carbocycles. The summed E-state index contributed by atoms with van der Waals surface area (Å²) in [7, 11) is 0. The fourth-order valence-electron chi connectivity index (χ4n) is 5.97. The maximum absolute atomic E-state index is 12.6. The summed E-state index contributed by atoms with van der Waals surface area (Å²) in [4.78, 5) is 37.4. The zero-order valence-electron chi connectivity index (χ0n) is 31.6. The number of esters is 3. The minimum absolute atomic E-state index is 0.0638. The SMILES string of the molecule is CCCCCCCCCCCCCC(=O)OC[C@@H](COC(=O)CCCCCCCCCCC)OC(=O)CCCCCCCCCCC. The molecule has 0 bridgehead atoms. The Morgan fingerprint density at radius 3 is 0.851 bits per heavy atom. The Morgan fingerprint density at radius 1 is 0.340 bits per heavy atom. The number of carbonyl (C=O) groups is 3. The highest BCUT2D eigenvalue weighted by molar-refractivity contribution is 5.71. The van der Waals surface area contributed by atoms with Crippen LogP contribution in [0.5, 0.6) is 0 Å². The van der Waals surface area contributed by atoms with Gasteiger partial charge >= 0.3 is 17.9 Å². The Hall–Kier alpha value is -1.59. The van der Waals surface area contributed by atoms with Gasteiger partial charge in [0.1, 0.15) is 13.2 Å². The molecule has 0 fully saturated rings. The van der Waals surface area contributed by atoms with Gasteiger partial charge in [0.25, 0.3) is 0 Å². The summed E-state index contributed by atoms with van der Waals surface area (Å²) in [6.07, 6.45) is 35.1. The second kappa shape index (κ2) is 37.2. The molecule has 0 aromatic carbocycles. The Labute approximate surface area is 291 Å². The van der Waals surface area contributed by atoms with Crippen molar-refractivity contribution in [2.45, 2.75) is 232 Å². The van der Waals surface area contributed by atoms with Crippen LogP contribution in [0.2, 0.25) is 0 Å². The van der Waals surface area contributed by atoms with Crippen molar-refractivity contribution in [1.29, 1.82) is 0 Å². The third kappa shape index (κ3) is 35.5. The quantitative estimate of drug-likeness (QED) is 0.0373. The summed E-state index contributed by atoms with van der Waals surface area (Å²) in [6.45, 7) is 6.59. The van der Waals surface area contributed by atoms with Gasteiger partial charge in [0.05, 0.1) is 0 Å². The van der Waals surface area contributed by atoms with Crippen LogP contribution in [0.25, 0.3) is 0 Å². The van der Waals surface area contributed by atoms with Crippen LogP contribution in [0.4, 0.5) is 0 Å². The van der Waals surface area contributed by atoms with Crippen LogP contribution in [0.15, 0.2) is 0 Å². The molecule has 0 aromatic heterocycles. The summed E-state index contributed by atoms with van der Waals surface area (Å²) in [6, 6.07) is 0. The van der Waals surface area contributed by atoms with E-state index in [1.165, 1.54) is 128 Å². The van der Waals surface area contributed by atoms with Crippen LogP contribution in [-0.4, -0.2) is 37.2 Å². The van der Waals surface area contributed by atoms with Crippen LogP contribution < -0.4 is 0 Å². The van der Waals surface area contributed by atoms with Gasteiger partial charge in [-0.15, -0.1) is 0 Å². The Morgan fingerprint density at radius 2 is 0.574 bits per heavy atom. The van der Waals surface area contributed by atoms with E-state index in [4.69, 9.17) is 14.2 Å². The van der Waals surface area contributed by atoms with Gasteiger partial charge in [0.2, 0.25) is 0 Å². The summed E-state index contributed by atoms with van der Waals surface area (Å²) in [5, 5.41) is 0. The monoisotopic (exact) mass is 667 g/mol. The highest BCUT2D eigenvalue weighted by atomic mass is 16.6. The average molecular weight is 667 g/mol. The first-order chi connectivity index (χ1) is 23.0. The molecule has 0 aliphatic heterocycles. The molecule has 0 unspecified atom stereocenters. The third-order valence-corrected chi connectivity index (χ3v) is 9.11. The summed E-state index contributed by atoms with van der Waals surface area (Å²) in [5.74, 6) is -0.864. The van der Waals surface area contributed by atoms with Crippen molar-refractivity contribution in [3.63, 3.8) is 0 Å². The number of ether oxygens (including phenoxy) is 3. The van der Waals surface area contributed by atoms with Crippen molar-refractivity contribution in [1.82, 2.24) is 0 Å². The molecular weight excluding hydrogens is 588 g/mol. The molecule has 0 saturated heterocycles. The van der Waals surface area contributed by atoms with Crippen molar-refractivity contribution < 1.29 is 28.6 Å². The molecule has 278 valence electrons. The lowest BCUT2D eigenvalue weighted by Gasteiger charge is -2.18. The molecule has 0 amide bonds. The van der Waals surface area contributed by atoms with Gasteiger partial charge in [-0.25, -0.2) is 0 Å². The van der Waals surface area contributed by atoms with Crippen molar-refractivity contribution in [3.05, 3.63) is 0 Å². The number of carbonyl (C=O) groups excluding carboxylic acids is 3. The van der Waals surface area contributed by atoms with E-state index in [-0.39, 0.29) is 31.1 Å². The molecule has 0 rings (SSSR count). The zero-order valence-corrected chi connectivity index (χ0v) is 31.6. The van der Waals surface area contributed by atoms with E-state index in [0.29, 0.717) is 19.3 Å². The summed E-state index contributed by atoms with van der Waals surface area (Å²) >= 11 is 0. The predicted molar refractivity (Wildman–Crippen MR) is 197 cm³/mol. The second-order valence-corrected chi connectivity index (χ2v) is 13.9. The summed E-state index contributed by atoms with van der Waals surface area (Å²) < 4.78 is 16.6. The van der Waals surface area contributed by atoms with Gasteiger partial charge in [-0.2, -0.15) is 0 Å². The minimum Gasteiger partial charge on any atom is -0.462 e. The molecule has 0 heterocycles. The van der Waals surface area contributed by atoms with E-state index in [9.17, 15) is 14.4 Å². The van der Waals surface area contributed by atoms with Gasteiger partial charge in [-0.05, 0) is 19.3 Å². The highest BCUT2D eigenvalue weighted by Gasteiger charge is 2.19. The predicted octanol–water partition coefficient (Wildman–Crippen LogP) is 12.5. The molecule has 0 spiro atoms. The highest BCUT2D eigenvalue weighted by Crippen LogP contribution is 2.15. The lowest BCUT2D eigenvalue weighted by atomic mass is 10.1. The fraction of sp³-hybridized carbons (Fsp3) is 0.927. The van der Waals surface area contributed by atoms with Crippen molar-refractivity contribution in [3.8, 4) is 0 Å².